The first-order valence-corrected chi connectivity index (χ1v) is 13.6. The molecule has 2 aliphatic rings. The molecule has 1 saturated heterocycles. The van der Waals surface area contributed by atoms with Crippen molar-refractivity contribution in [3.63, 3.8) is 0 Å². The first-order chi connectivity index (χ1) is 17.8. The molecule has 5 rings (SSSR count). The van der Waals surface area contributed by atoms with E-state index < -0.39 is 11.2 Å². The third-order valence-corrected chi connectivity index (χ3v) is 8.73. The van der Waals surface area contributed by atoms with Crippen molar-refractivity contribution < 1.29 is 19.1 Å². The van der Waals surface area contributed by atoms with Crippen LogP contribution < -0.4 is 10.4 Å². The number of hydrogen-bond donors (Lipinski definition) is 1. The van der Waals surface area contributed by atoms with E-state index in [4.69, 9.17) is 20.8 Å². The van der Waals surface area contributed by atoms with E-state index in [0.717, 1.165) is 47.8 Å². The van der Waals surface area contributed by atoms with E-state index in [0.29, 0.717) is 54.5 Å². The number of ether oxygens (including phenoxy) is 1. The summed E-state index contributed by atoms with van der Waals surface area (Å²) in [5.74, 6) is 0.820. The number of nitrogens with zero attached hydrogens (tertiary/aromatic N) is 1. The Hall–Kier alpha value is -2.83. The molecular weight excluding hydrogens is 490 g/mol. The molecule has 7 heteroatoms. The topological polar surface area (TPSA) is 80.0 Å². The number of fused-ring (bicyclic) bond motifs is 2. The molecule has 1 aliphatic heterocycles. The molecular formula is C30H34ClNO5. The summed E-state index contributed by atoms with van der Waals surface area (Å²) in [5.41, 5.74) is 2.48. The lowest BCUT2D eigenvalue weighted by molar-refractivity contribution is -0.143. The van der Waals surface area contributed by atoms with E-state index in [9.17, 15) is 14.7 Å². The summed E-state index contributed by atoms with van der Waals surface area (Å²) in [5, 5.41) is 12.4. The molecule has 0 spiro atoms. The van der Waals surface area contributed by atoms with Crippen molar-refractivity contribution in [3.05, 3.63) is 74.1 Å². The molecule has 1 saturated carbocycles. The number of amides is 1. The van der Waals surface area contributed by atoms with Crippen molar-refractivity contribution in [2.24, 2.45) is 5.92 Å². The maximum absolute atomic E-state index is 13.0. The van der Waals surface area contributed by atoms with Crippen LogP contribution in [0.15, 0.2) is 45.6 Å². The highest BCUT2D eigenvalue weighted by Crippen LogP contribution is 2.40. The van der Waals surface area contributed by atoms with E-state index in [-0.39, 0.29) is 18.2 Å². The van der Waals surface area contributed by atoms with Crippen molar-refractivity contribution in [3.8, 4) is 5.75 Å². The van der Waals surface area contributed by atoms with Gasteiger partial charge in [0.25, 0.3) is 0 Å². The Balaban J connectivity index is 1.29. The van der Waals surface area contributed by atoms with E-state index in [1.807, 2.05) is 55.1 Å². The van der Waals surface area contributed by atoms with Gasteiger partial charge in [0.2, 0.25) is 5.91 Å². The minimum atomic E-state index is -0.612. The number of carbonyl (C=O) groups is 1. The second-order valence-corrected chi connectivity index (χ2v) is 11.0. The molecule has 2 aromatic carbocycles. The number of hydrogen-bond acceptors (Lipinski definition) is 5. The average molecular weight is 524 g/mol. The monoisotopic (exact) mass is 523 g/mol. The Kier molecular flexibility index (Phi) is 7.32. The lowest BCUT2D eigenvalue weighted by Crippen LogP contribution is -2.54. The summed E-state index contributed by atoms with van der Waals surface area (Å²) in [4.78, 5) is 27.9. The predicted molar refractivity (Wildman–Crippen MR) is 144 cm³/mol. The van der Waals surface area contributed by atoms with Crippen LogP contribution in [0.25, 0.3) is 11.0 Å². The smallest absolute Gasteiger partial charge is 0.339 e. The maximum atomic E-state index is 13.0. The molecule has 2 unspecified atom stereocenters. The van der Waals surface area contributed by atoms with Crippen LogP contribution in [-0.4, -0.2) is 34.6 Å². The highest BCUT2D eigenvalue weighted by Gasteiger charge is 2.43. The highest BCUT2D eigenvalue weighted by molar-refractivity contribution is 6.31. The van der Waals surface area contributed by atoms with Gasteiger partial charge in [-0.25, -0.2) is 4.79 Å². The minimum absolute atomic E-state index is 0.0334. The van der Waals surface area contributed by atoms with Gasteiger partial charge in [-0.3, -0.25) is 4.79 Å². The van der Waals surface area contributed by atoms with Crippen LogP contribution in [0.3, 0.4) is 0 Å². The lowest BCUT2D eigenvalue weighted by Gasteiger charge is -2.47. The third-order valence-electron chi connectivity index (χ3n) is 8.36. The zero-order chi connectivity index (χ0) is 26.2. The number of likely N-dealkylation sites (tertiary alicyclic amines) is 1. The van der Waals surface area contributed by atoms with Crippen molar-refractivity contribution in [2.75, 3.05) is 13.1 Å². The quantitative estimate of drug-likeness (QED) is 0.417. The molecule has 2 heterocycles. The van der Waals surface area contributed by atoms with Crippen molar-refractivity contribution in [1.29, 1.82) is 0 Å². The molecule has 2 fully saturated rings. The maximum Gasteiger partial charge on any atom is 0.339 e. The van der Waals surface area contributed by atoms with Crippen molar-refractivity contribution in [1.82, 2.24) is 4.90 Å². The fourth-order valence-corrected chi connectivity index (χ4v) is 6.16. The van der Waals surface area contributed by atoms with Crippen LogP contribution in [0, 0.1) is 19.8 Å². The standard InChI is InChI=1S/C30H34ClNO5/c1-19-23-10-12-26(36-18-21-7-3-4-9-25(21)31)20(2)28(23)37-29(34)24(19)11-13-27(33)32-16-15-30(35)14-6-5-8-22(30)17-32/h3-4,7,9-10,12,22,35H,5-6,8,11,13-18H2,1-2H3. The summed E-state index contributed by atoms with van der Waals surface area (Å²) in [6.07, 6.45) is 5.20. The fraction of sp³-hybridized carbons (Fsp3) is 0.467. The van der Waals surface area contributed by atoms with E-state index in [2.05, 4.69) is 0 Å². The number of aliphatic hydroxyl groups is 1. The number of piperidine rings is 1. The Morgan fingerprint density at radius 1 is 1.16 bits per heavy atom. The van der Waals surface area contributed by atoms with Gasteiger partial charge in [-0.15, -0.1) is 0 Å². The van der Waals surface area contributed by atoms with Crippen LogP contribution in [-0.2, 0) is 17.8 Å². The summed E-state index contributed by atoms with van der Waals surface area (Å²) in [6, 6.07) is 11.3. The number of halogens is 1. The first-order valence-electron chi connectivity index (χ1n) is 13.2. The molecule has 3 aromatic rings. The largest absolute Gasteiger partial charge is 0.488 e. The van der Waals surface area contributed by atoms with E-state index in [1.165, 1.54) is 0 Å². The van der Waals surface area contributed by atoms with Gasteiger partial charge in [0.15, 0.2) is 0 Å². The van der Waals surface area contributed by atoms with Gasteiger partial charge in [-0.1, -0.05) is 42.6 Å². The van der Waals surface area contributed by atoms with Gasteiger partial charge in [0.1, 0.15) is 17.9 Å². The zero-order valence-electron chi connectivity index (χ0n) is 21.5. The second-order valence-electron chi connectivity index (χ2n) is 10.6. The first kappa shape index (κ1) is 25.8. The minimum Gasteiger partial charge on any atom is -0.488 e. The van der Waals surface area contributed by atoms with Gasteiger partial charge < -0.3 is 19.2 Å². The molecule has 0 radical (unpaired) electrons. The van der Waals surface area contributed by atoms with Crippen LogP contribution in [0.5, 0.6) is 5.75 Å². The van der Waals surface area contributed by atoms with Crippen molar-refractivity contribution in [2.45, 2.75) is 71.0 Å². The third kappa shape index (κ3) is 5.14. The van der Waals surface area contributed by atoms with Crippen LogP contribution in [0.1, 0.15) is 60.8 Å². The van der Waals surface area contributed by atoms with Crippen molar-refractivity contribution >= 4 is 28.5 Å². The summed E-state index contributed by atoms with van der Waals surface area (Å²) in [6.45, 7) is 5.28. The van der Waals surface area contributed by atoms with Crippen LogP contribution in [0.4, 0.5) is 0 Å². The fourth-order valence-electron chi connectivity index (χ4n) is 5.97. The Bertz CT molecular complexity index is 1380. The van der Waals surface area contributed by atoms with Gasteiger partial charge in [0, 0.05) is 52.5 Å². The van der Waals surface area contributed by atoms with Gasteiger partial charge in [-0.05, 0) is 63.3 Å². The number of carbonyl (C=O) groups excluding carboxylic acids is 1. The molecule has 1 N–H and O–H groups in total. The van der Waals surface area contributed by atoms with E-state index in [1.54, 1.807) is 0 Å². The molecule has 196 valence electrons. The Morgan fingerprint density at radius 3 is 2.78 bits per heavy atom. The molecule has 2 atom stereocenters. The number of rotatable bonds is 6. The summed E-state index contributed by atoms with van der Waals surface area (Å²) >= 11 is 6.24. The van der Waals surface area contributed by atoms with Crippen LogP contribution >= 0.6 is 11.6 Å². The molecule has 1 aliphatic carbocycles. The predicted octanol–water partition coefficient (Wildman–Crippen LogP) is 5.73. The highest BCUT2D eigenvalue weighted by atomic mass is 35.5. The van der Waals surface area contributed by atoms with Gasteiger partial charge in [-0.2, -0.15) is 0 Å². The van der Waals surface area contributed by atoms with Crippen LogP contribution in [0.2, 0.25) is 5.02 Å². The molecule has 1 amide bonds. The average Bonchev–Trinajstić information content (AvgIpc) is 2.88. The lowest BCUT2D eigenvalue weighted by atomic mass is 9.71. The SMILES string of the molecule is Cc1c(CCC(=O)N2CCC3(O)CCCCC3C2)c(=O)oc2c(C)c(OCc3ccccc3Cl)ccc12. The molecule has 37 heavy (non-hydrogen) atoms. The number of benzene rings is 2. The zero-order valence-corrected chi connectivity index (χ0v) is 22.3. The van der Waals surface area contributed by atoms with E-state index >= 15 is 0 Å². The molecule has 6 nitrogen and oxygen atoms in total. The van der Waals surface area contributed by atoms with Gasteiger partial charge >= 0.3 is 5.63 Å². The van der Waals surface area contributed by atoms with Gasteiger partial charge in [0.05, 0.1) is 5.60 Å². The summed E-state index contributed by atoms with van der Waals surface area (Å²) in [7, 11) is 0. The number of aryl methyl sites for hydroxylation is 2. The summed E-state index contributed by atoms with van der Waals surface area (Å²) < 4.78 is 11.8. The Labute approximate surface area is 222 Å². The second kappa shape index (κ2) is 10.5. The normalized spacial score (nSPS) is 21.6. The molecule has 0 bridgehead atoms. The molecule has 1 aromatic heterocycles. The Morgan fingerprint density at radius 2 is 1.97 bits per heavy atom.